The lowest BCUT2D eigenvalue weighted by molar-refractivity contribution is -0.129. The molecule has 0 aliphatic carbocycles. The summed E-state index contributed by atoms with van der Waals surface area (Å²) in [5.74, 6) is 0.416. The van der Waals surface area contributed by atoms with Crippen molar-refractivity contribution in [2.75, 3.05) is 13.1 Å². The minimum Gasteiger partial charge on any atom is -0.356 e. The van der Waals surface area contributed by atoms with Gasteiger partial charge in [0, 0.05) is 24.4 Å². The smallest absolute Gasteiger partial charge is 0.225 e. The molecule has 1 atom stereocenters. The summed E-state index contributed by atoms with van der Waals surface area (Å²) in [7, 11) is 0. The number of carbonyl (C=O) groups is 2. The van der Waals surface area contributed by atoms with Crippen LogP contribution in [0, 0.1) is 11.3 Å². The quantitative estimate of drug-likeness (QED) is 0.575. The van der Waals surface area contributed by atoms with Crippen LogP contribution >= 0.6 is 0 Å². The van der Waals surface area contributed by atoms with Crippen LogP contribution in [0.4, 0.5) is 0 Å². The molecule has 124 valence electrons. The van der Waals surface area contributed by atoms with E-state index in [1.807, 2.05) is 34.6 Å². The largest absolute Gasteiger partial charge is 0.356 e. The highest BCUT2D eigenvalue weighted by Crippen LogP contribution is 2.19. The van der Waals surface area contributed by atoms with Gasteiger partial charge in [-0.3, -0.25) is 9.59 Å². The minimum absolute atomic E-state index is 0.113. The van der Waals surface area contributed by atoms with Crippen LogP contribution in [0.2, 0.25) is 0 Å². The van der Waals surface area contributed by atoms with Gasteiger partial charge in [0.25, 0.3) is 0 Å². The summed E-state index contributed by atoms with van der Waals surface area (Å²) in [5.41, 5.74) is -0.264. The van der Waals surface area contributed by atoms with Crippen LogP contribution in [0.15, 0.2) is 0 Å². The number of rotatable bonds is 11. The van der Waals surface area contributed by atoms with Crippen molar-refractivity contribution in [1.82, 2.24) is 10.6 Å². The third-order valence-corrected chi connectivity index (χ3v) is 4.25. The van der Waals surface area contributed by atoms with Crippen LogP contribution in [0.3, 0.4) is 0 Å². The molecule has 0 aromatic carbocycles. The molecule has 0 aromatic heterocycles. The summed E-state index contributed by atoms with van der Waals surface area (Å²) in [6, 6.07) is 0. The van der Waals surface area contributed by atoms with Gasteiger partial charge in [-0.15, -0.1) is 0 Å². The van der Waals surface area contributed by atoms with Gasteiger partial charge in [-0.1, -0.05) is 47.5 Å². The Labute approximate surface area is 130 Å². The Kier molecular flexibility index (Phi) is 10.1. The topological polar surface area (TPSA) is 58.2 Å². The number of nitrogens with one attached hydrogen (secondary N) is 2. The van der Waals surface area contributed by atoms with E-state index >= 15 is 0 Å². The van der Waals surface area contributed by atoms with E-state index in [0.717, 1.165) is 51.6 Å². The molecule has 0 radical (unpaired) electrons. The first-order valence-electron chi connectivity index (χ1n) is 8.41. The molecule has 0 fully saturated rings. The van der Waals surface area contributed by atoms with Gasteiger partial charge in [0.1, 0.15) is 0 Å². The molecular formula is C17H34N2O2. The third-order valence-electron chi connectivity index (χ3n) is 4.25. The molecule has 2 N–H and O–H groups in total. The summed E-state index contributed by atoms with van der Waals surface area (Å²) < 4.78 is 0. The van der Waals surface area contributed by atoms with E-state index in [4.69, 9.17) is 0 Å². The molecule has 0 rings (SSSR count). The molecule has 0 aliphatic rings. The summed E-state index contributed by atoms with van der Waals surface area (Å²) in [6.07, 6.45) is 5.94. The lowest BCUT2D eigenvalue weighted by Crippen LogP contribution is -2.36. The molecular weight excluding hydrogens is 264 g/mol. The van der Waals surface area contributed by atoms with Gasteiger partial charge in [-0.25, -0.2) is 0 Å². The van der Waals surface area contributed by atoms with Crippen LogP contribution in [0.1, 0.15) is 73.1 Å². The normalized spacial score (nSPS) is 12.8. The van der Waals surface area contributed by atoms with Gasteiger partial charge in [0.15, 0.2) is 0 Å². The Morgan fingerprint density at radius 3 is 1.95 bits per heavy atom. The van der Waals surface area contributed by atoms with Crippen molar-refractivity contribution >= 4 is 11.8 Å². The Balaban J connectivity index is 3.50. The van der Waals surface area contributed by atoms with Crippen LogP contribution in [0.5, 0.6) is 0 Å². The molecule has 0 spiro atoms. The predicted molar refractivity (Wildman–Crippen MR) is 88.0 cm³/mol. The third kappa shape index (κ3) is 8.74. The van der Waals surface area contributed by atoms with Crippen molar-refractivity contribution in [1.29, 1.82) is 0 Å². The van der Waals surface area contributed by atoms with Gasteiger partial charge < -0.3 is 10.6 Å². The summed E-state index contributed by atoms with van der Waals surface area (Å²) in [6.45, 7) is 11.5. The van der Waals surface area contributed by atoms with Gasteiger partial charge in [-0.2, -0.15) is 0 Å². The lowest BCUT2D eigenvalue weighted by atomic mass is 9.89. The van der Waals surface area contributed by atoms with E-state index in [-0.39, 0.29) is 23.1 Å². The van der Waals surface area contributed by atoms with Gasteiger partial charge in [0.2, 0.25) is 11.8 Å². The summed E-state index contributed by atoms with van der Waals surface area (Å²) in [4.78, 5) is 23.4. The highest BCUT2D eigenvalue weighted by Gasteiger charge is 2.24. The second-order valence-electron chi connectivity index (χ2n) is 6.51. The zero-order valence-corrected chi connectivity index (χ0v) is 14.6. The maximum atomic E-state index is 11.8. The average Bonchev–Trinajstić information content (AvgIpc) is 2.48. The molecule has 0 aliphatic heterocycles. The molecule has 4 nitrogen and oxygen atoms in total. The second kappa shape index (κ2) is 10.6. The van der Waals surface area contributed by atoms with Crippen LogP contribution in [-0.4, -0.2) is 24.9 Å². The number of hydrogen-bond donors (Lipinski definition) is 2. The van der Waals surface area contributed by atoms with Crippen molar-refractivity contribution < 1.29 is 9.59 Å². The van der Waals surface area contributed by atoms with Crippen LogP contribution in [0.25, 0.3) is 0 Å². The number of unbranched alkanes of at least 4 members (excludes halogenated alkanes) is 3. The highest BCUT2D eigenvalue weighted by molar-refractivity contribution is 5.81. The first kappa shape index (κ1) is 19.9. The maximum absolute atomic E-state index is 11.8. The molecule has 0 heterocycles. The highest BCUT2D eigenvalue weighted by atomic mass is 16.2. The van der Waals surface area contributed by atoms with Gasteiger partial charge in [0.05, 0.1) is 0 Å². The van der Waals surface area contributed by atoms with E-state index < -0.39 is 0 Å². The van der Waals surface area contributed by atoms with E-state index in [2.05, 4.69) is 10.6 Å². The molecule has 21 heavy (non-hydrogen) atoms. The second-order valence-corrected chi connectivity index (χ2v) is 6.51. The van der Waals surface area contributed by atoms with Crippen molar-refractivity contribution in [2.45, 2.75) is 73.1 Å². The number of amides is 2. The molecule has 1 unspecified atom stereocenters. The Bertz CT molecular complexity index is 314. The fourth-order valence-electron chi connectivity index (χ4n) is 1.78. The Morgan fingerprint density at radius 1 is 0.952 bits per heavy atom. The predicted octanol–water partition coefficient (Wildman–Crippen LogP) is 3.26. The average molecular weight is 298 g/mol. The van der Waals surface area contributed by atoms with Crippen molar-refractivity contribution in [3.63, 3.8) is 0 Å². The summed E-state index contributed by atoms with van der Waals surface area (Å²) >= 11 is 0. The molecule has 0 aromatic rings. The van der Waals surface area contributed by atoms with E-state index in [1.54, 1.807) is 0 Å². The lowest BCUT2D eigenvalue weighted by Gasteiger charge is -2.21. The summed E-state index contributed by atoms with van der Waals surface area (Å²) in [5, 5.41) is 5.96. The fourth-order valence-corrected chi connectivity index (χ4v) is 1.78. The van der Waals surface area contributed by atoms with Crippen LogP contribution in [-0.2, 0) is 9.59 Å². The van der Waals surface area contributed by atoms with Crippen molar-refractivity contribution in [3.05, 3.63) is 0 Å². The molecule has 0 saturated carbocycles. The SMILES string of the molecule is CCC(C)C(=O)NCCCCCCNC(=O)C(C)(C)CC. The fraction of sp³-hybridized carbons (Fsp3) is 0.882. The maximum Gasteiger partial charge on any atom is 0.225 e. The van der Waals surface area contributed by atoms with E-state index in [0.29, 0.717) is 0 Å². The first-order valence-corrected chi connectivity index (χ1v) is 8.41. The van der Waals surface area contributed by atoms with Crippen molar-refractivity contribution in [3.8, 4) is 0 Å². The Hall–Kier alpha value is -1.06. The van der Waals surface area contributed by atoms with Gasteiger partial charge >= 0.3 is 0 Å². The molecule has 2 amide bonds. The monoisotopic (exact) mass is 298 g/mol. The number of hydrogen-bond acceptors (Lipinski definition) is 2. The zero-order valence-electron chi connectivity index (χ0n) is 14.6. The molecule has 0 bridgehead atoms. The standard InChI is InChI=1S/C17H34N2O2/c1-6-14(3)15(20)18-12-10-8-9-11-13-19-16(21)17(4,5)7-2/h14H,6-13H2,1-5H3,(H,18,20)(H,19,21). The Morgan fingerprint density at radius 2 is 1.48 bits per heavy atom. The van der Waals surface area contributed by atoms with E-state index in [9.17, 15) is 9.59 Å². The molecule has 0 saturated heterocycles. The first-order chi connectivity index (χ1) is 9.85. The molecule has 4 heteroatoms. The van der Waals surface area contributed by atoms with Gasteiger partial charge in [-0.05, 0) is 25.7 Å². The number of carbonyl (C=O) groups excluding carboxylic acids is 2. The van der Waals surface area contributed by atoms with Crippen LogP contribution < -0.4 is 10.6 Å². The zero-order chi connectivity index (χ0) is 16.3. The van der Waals surface area contributed by atoms with Crippen molar-refractivity contribution in [2.24, 2.45) is 11.3 Å². The van der Waals surface area contributed by atoms with E-state index in [1.165, 1.54) is 0 Å². The minimum atomic E-state index is -0.264.